The van der Waals surface area contributed by atoms with Crippen LogP contribution in [0, 0.1) is 17.3 Å². The number of halogens is 2. The Morgan fingerprint density at radius 1 is 1.06 bits per heavy atom. The molecule has 6 atom stereocenters. The van der Waals surface area contributed by atoms with Gasteiger partial charge < -0.3 is 29.6 Å². The molecule has 2 amide bonds. The van der Waals surface area contributed by atoms with Crippen molar-refractivity contribution >= 4 is 53.2 Å². The highest BCUT2D eigenvalue weighted by Gasteiger charge is 2.39. The molecule has 1 aliphatic rings. The molecule has 3 N–H and O–H groups in total. The maximum absolute atomic E-state index is 13.8. The van der Waals surface area contributed by atoms with Gasteiger partial charge in [0.15, 0.2) is 6.10 Å². The summed E-state index contributed by atoms with van der Waals surface area (Å²) < 4.78 is 17.1. The first-order chi connectivity index (χ1) is 24.7. The molecule has 14 heteroatoms. The molecule has 1 heterocycles. The molecule has 2 aromatic rings. The van der Waals surface area contributed by atoms with Crippen molar-refractivity contribution < 1.29 is 43.0 Å². The molecule has 0 aliphatic carbocycles. The second kappa shape index (κ2) is 20.3. The van der Waals surface area contributed by atoms with E-state index in [1.54, 1.807) is 39.0 Å². The van der Waals surface area contributed by atoms with Crippen molar-refractivity contribution in [2.45, 2.75) is 83.6 Å². The number of benzene rings is 2. The van der Waals surface area contributed by atoms with E-state index in [2.05, 4.69) is 16.1 Å². The van der Waals surface area contributed by atoms with Crippen LogP contribution < -0.4 is 20.9 Å². The lowest BCUT2D eigenvalue weighted by atomic mass is 9.90. The molecular formula is C38H49Cl2N3O9. The number of carbonyl (C=O) groups excluding carboxylic acids is 5. The van der Waals surface area contributed by atoms with Crippen LogP contribution in [0.5, 0.6) is 5.75 Å². The van der Waals surface area contributed by atoms with Crippen LogP contribution in [0.2, 0.25) is 5.02 Å². The van der Waals surface area contributed by atoms with E-state index in [0.717, 1.165) is 5.56 Å². The summed E-state index contributed by atoms with van der Waals surface area (Å²) in [5.41, 5.74) is 2.72. The van der Waals surface area contributed by atoms with Crippen molar-refractivity contribution in [3.05, 3.63) is 76.8 Å². The fraction of sp³-hybridized carbons (Fsp3) is 0.500. The number of nitrogens with one attached hydrogen (secondary N) is 3. The van der Waals surface area contributed by atoms with Gasteiger partial charge in [-0.15, -0.1) is 11.6 Å². The number of esters is 2. The Hall–Kier alpha value is -3.97. The van der Waals surface area contributed by atoms with Gasteiger partial charge in [0.2, 0.25) is 11.8 Å². The number of hydroxylamine groups is 1. The molecule has 0 bridgehead atoms. The molecule has 0 unspecified atom stereocenters. The van der Waals surface area contributed by atoms with Crippen molar-refractivity contribution in [2.75, 3.05) is 20.2 Å². The molecule has 52 heavy (non-hydrogen) atoms. The van der Waals surface area contributed by atoms with E-state index < -0.39 is 64.8 Å². The van der Waals surface area contributed by atoms with Crippen LogP contribution in [-0.2, 0) is 44.7 Å². The second-order valence-electron chi connectivity index (χ2n) is 13.7. The van der Waals surface area contributed by atoms with E-state index in [1.165, 1.54) is 19.3 Å². The first-order valence-electron chi connectivity index (χ1n) is 17.2. The van der Waals surface area contributed by atoms with E-state index in [0.29, 0.717) is 22.6 Å². The molecule has 2 aromatic carbocycles. The number of hydrogen-bond donors (Lipinski definition) is 3. The number of ether oxygens (including phenoxy) is 3. The number of hydrogen-bond acceptors (Lipinski definition) is 10. The van der Waals surface area contributed by atoms with Crippen molar-refractivity contribution in [3.63, 3.8) is 0 Å². The van der Waals surface area contributed by atoms with Crippen molar-refractivity contribution in [3.8, 4) is 5.75 Å². The monoisotopic (exact) mass is 761 g/mol. The largest absolute Gasteiger partial charge is 0.495 e. The van der Waals surface area contributed by atoms with Crippen LogP contribution in [-0.4, -0.2) is 74.6 Å². The highest BCUT2D eigenvalue weighted by molar-refractivity contribution is 6.32. The van der Waals surface area contributed by atoms with Gasteiger partial charge in [-0.3, -0.25) is 19.2 Å². The van der Waals surface area contributed by atoms with Crippen LogP contribution in [0.15, 0.2) is 60.7 Å². The van der Waals surface area contributed by atoms with E-state index >= 15 is 0 Å². The SMILES string of the molecule is COc1ccc(C[C@H]2NC(=O)C=CC[C@@H]([C@H](C)[C@@H](ONCC=O)[C@@H](Cl)c3ccccc3)OC(=O)[C@H](CC(C)C)OC(=O)C(C)(C)CNC2=O)cc1Cl. The summed E-state index contributed by atoms with van der Waals surface area (Å²) in [6.45, 7) is 8.42. The Morgan fingerprint density at radius 3 is 2.40 bits per heavy atom. The average Bonchev–Trinajstić information content (AvgIpc) is 3.10. The normalized spacial score (nSPS) is 22.0. The van der Waals surface area contributed by atoms with Crippen LogP contribution in [0.25, 0.3) is 0 Å². The number of aldehydes is 1. The first-order valence-corrected chi connectivity index (χ1v) is 18.0. The quantitative estimate of drug-likeness (QED) is 0.0830. The maximum atomic E-state index is 13.8. The Balaban J connectivity index is 2.02. The van der Waals surface area contributed by atoms with Crippen LogP contribution in [0.3, 0.4) is 0 Å². The van der Waals surface area contributed by atoms with Gasteiger partial charge in [-0.1, -0.05) is 74.8 Å². The molecule has 0 saturated carbocycles. The topological polar surface area (TPSA) is 158 Å². The summed E-state index contributed by atoms with van der Waals surface area (Å²) in [5, 5.41) is 5.08. The zero-order valence-corrected chi connectivity index (χ0v) is 31.9. The number of cyclic esters (lactones) is 2. The summed E-state index contributed by atoms with van der Waals surface area (Å²) in [6, 6.07) is 13.1. The predicted molar refractivity (Wildman–Crippen MR) is 197 cm³/mol. The summed E-state index contributed by atoms with van der Waals surface area (Å²) >= 11 is 13.3. The molecule has 0 radical (unpaired) electrons. The molecule has 0 fully saturated rings. The lowest BCUT2D eigenvalue weighted by Crippen LogP contribution is -2.51. The lowest BCUT2D eigenvalue weighted by Gasteiger charge is -2.34. The van der Waals surface area contributed by atoms with Gasteiger partial charge in [-0.05, 0) is 55.5 Å². The third kappa shape index (κ3) is 12.6. The summed E-state index contributed by atoms with van der Waals surface area (Å²) in [6.07, 6.45) is 0.616. The minimum absolute atomic E-state index is 0.0189. The van der Waals surface area contributed by atoms with Gasteiger partial charge in [-0.2, -0.15) is 5.48 Å². The summed E-state index contributed by atoms with van der Waals surface area (Å²) in [4.78, 5) is 71.2. The van der Waals surface area contributed by atoms with E-state index in [1.807, 2.05) is 44.2 Å². The van der Waals surface area contributed by atoms with Gasteiger partial charge in [0.1, 0.15) is 30.3 Å². The zero-order valence-electron chi connectivity index (χ0n) is 30.4. The minimum atomic E-state index is -1.27. The van der Waals surface area contributed by atoms with E-state index in [4.69, 9.17) is 42.3 Å². The average molecular weight is 763 g/mol. The maximum Gasteiger partial charge on any atom is 0.347 e. The number of alkyl halides is 1. The van der Waals surface area contributed by atoms with Gasteiger partial charge >= 0.3 is 11.9 Å². The molecular weight excluding hydrogens is 713 g/mol. The summed E-state index contributed by atoms with van der Waals surface area (Å²) in [5.74, 6) is -2.87. The Labute approximate surface area is 315 Å². The molecule has 0 aromatic heterocycles. The van der Waals surface area contributed by atoms with Crippen LogP contribution >= 0.6 is 23.2 Å². The number of amides is 2. The molecule has 284 valence electrons. The van der Waals surface area contributed by atoms with Gasteiger partial charge in [0, 0.05) is 25.3 Å². The third-order valence-electron chi connectivity index (χ3n) is 8.55. The molecule has 0 saturated heterocycles. The molecule has 0 spiro atoms. The highest BCUT2D eigenvalue weighted by atomic mass is 35.5. The minimum Gasteiger partial charge on any atom is -0.495 e. The van der Waals surface area contributed by atoms with Crippen molar-refractivity contribution in [1.29, 1.82) is 0 Å². The summed E-state index contributed by atoms with van der Waals surface area (Å²) in [7, 11) is 1.49. The highest BCUT2D eigenvalue weighted by Crippen LogP contribution is 2.34. The van der Waals surface area contributed by atoms with Gasteiger partial charge in [-0.25, -0.2) is 4.79 Å². The third-order valence-corrected chi connectivity index (χ3v) is 9.34. The lowest BCUT2D eigenvalue weighted by molar-refractivity contribution is -0.181. The zero-order chi connectivity index (χ0) is 38.4. The van der Waals surface area contributed by atoms with E-state index in [9.17, 15) is 24.0 Å². The predicted octanol–water partition coefficient (Wildman–Crippen LogP) is 5.05. The van der Waals surface area contributed by atoms with E-state index in [-0.39, 0.29) is 38.3 Å². The fourth-order valence-corrected chi connectivity index (χ4v) is 6.18. The van der Waals surface area contributed by atoms with Crippen LogP contribution in [0.4, 0.5) is 0 Å². The van der Waals surface area contributed by atoms with Crippen LogP contribution in [0.1, 0.15) is 64.0 Å². The Bertz CT molecular complexity index is 1550. The Morgan fingerprint density at radius 2 is 1.77 bits per heavy atom. The second-order valence-corrected chi connectivity index (χ2v) is 14.6. The molecule has 12 nitrogen and oxygen atoms in total. The van der Waals surface area contributed by atoms with Crippen molar-refractivity contribution in [2.24, 2.45) is 17.3 Å². The van der Waals surface area contributed by atoms with Crippen molar-refractivity contribution in [1.82, 2.24) is 16.1 Å². The smallest absolute Gasteiger partial charge is 0.347 e. The standard InChI is InChI=1S/C38H49Cl2N3O9/c1-23(2)19-31-36(47)50-29(24(3)34(52-42-17-18-44)33(40)26-11-8-7-9-12-26)13-10-14-32(45)43-28(21-25-15-16-30(49-6)27(39)20-25)35(46)41-22-38(4,5)37(48)51-31/h7-12,14-16,18,20,23-24,28-29,31,33-34,42H,13,17,19,21-22H2,1-6H3,(H,41,46)(H,43,45)/t24-,28+,29-,31-,33-,34+/m0/s1. The number of carbonyl (C=O) groups is 5. The molecule has 1 aliphatic heterocycles. The van der Waals surface area contributed by atoms with Gasteiger partial charge in [0.25, 0.3) is 0 Å². The molecule has 3 rings (SSSR count). The first kappa shape index (κ1) is 42.4. The number of rotatable bonds is 13. The van der Waals surface area contributed by atoms with Gasteiger partial charge in [0.05, 0.1) is 29.5 Å². The fourth-order valence-electron chi connectivity index (χ4n) is 5.47. The Kier molecular flexibility index (Phi) is 16.6. The number of methoxy groups -OCH3 is 1.